The first-order valence-electron chi connectivity index (χ1n) is 3.32. The number of carbonyl (C=O) groups is 1. The summed E-state index contributed by atoms with van der Waals surface area (Å²) in [7, 11) is 1.10. The van der Waals surface area contributed by atoms with Gasteiger partial charge in [-0.05, 0) is 0 Å². The molecule has 0 bridgehead atoms. The van der Waals surface area contributed by atoms with Gasteiger partial charge in [0.2, 0.25) is 0 Å². The maximum atomic E-state index is 12.8. The number of phenols is 1. The van der Waals surface area contributed by atoms with Crippen molar-refractivity contribution in [3.05, 3.63) is 23.3 Å². The topological polar surface area (TPSA) is 46.5 Å². The van der Waals surface area contributed by atoms with Crippen LogP contribution in [0.25, 0.3) is 0 Å². The molecule has 0 unspecified atom stereocenters. The Bertz CT molecular complexity index is 350. The van der Waals surface area contributed by atoms with Crippen LogP contribution in [0.5, 0.6) is 11.5 Å². The summed E-state index contributed by atoms with van der Waals surface area (Å²) < 4.78 is 30.0. The molecule has 3 nitrogen and oxygen atoms in total. The molecule has 0 radical (unpaired) electrons. The maximum absolute atomic E-state index is 12.8. The van der Waals surface area contributed by atoms with E-state index in [9.17, 15) is 13.6 Å². The van der Waals surface area contributed by atoms with Crippen molar-refractivity contribution in [2.75, 3.05) is 7.11 Å². The summed E-state index contributed by atoms with van der Waals surface area (Å²) >= 11 is 0. The normalized spacial score (nSPS) is 9.77. The van der Waals surface area contributed by atoms with Gasteiger partial charge in [-0.25, -0.2) is 8.78 Å². The SMILES string of the molecule is COc1c(F)cc(F)c(C=O)c1O. The molecule has 0 fully saturated rings. The number of hydrogen-bond acceptors (Lipinski definition) is 3. The summed E-state index contributed by atoms with van der Waals surface area (Å²) in [6.07, 6.45) is 0.0899. The Kier molecular flexibility index (Phi) is 2.46. The Balaban J connectivity index is 3.47. The van der Waals surface area contributed by atoms with E-state index in [1.165, 1.54) is 0 Å². The van der Waals surface area contributed by atoms with Gasteiger partial charge in [0.1, 0.15) is 5.82 Å². The highest BCUT2D eigenvalue weighted by Gasteiger charge is 2.17. The molecule has 0 aliphatic carbocycles. The van der Waals surface area contributed by atoms with E-state index in [4.69, 9.17) is 5.11 Å². The molecule has 0 atom stereocenters. The molecule has 1 N–H and O–H groups in total. The second-order valence-corrected chi connectivity index (χ2v) is 2.25. The van der Waals surface area contributed by atoms with Gasteiger partial charge in [0.25, 0.3) is 0 Å². The van der Waals surface area contributed by atoms with Crippen molar-refractivity contribution in [2.24, 2.45) is 0 Å². The molecule has 0 aliphatic heterocycles. The molecule has 0 saturated carbocycles. The van der Waals surface area contributed by atoms with Crippen LogP contribution < -0.4 is 4.74 Å². The van der Waals surface area contributed by atoms with Crippen LogP contribution in [0.1, 0.15) is 10.4 Å². The second-order valence-electron chi connectivity index (χ2n) is 2.25. The molecule has 0 heterocycles. The van der Waals surface area contributed by atoms with Crippen LogP contribution in [-0.2, 0) is 0 Å². The molecule has 5 heteroatoms. The summed E-state index contributed by atoms with van der Waals surface area (Å²) in [6, 6.07) is 0.474. The van der Waals surface area contributed by atoms with Crippen LogP contribution >= 0.6 is 0 Å². The minimum atomic E-state index is -1.12. The third kappa shape index (κ3) is 1.44. The molecule has 0 saturated heterocycles. The number of methoxy groups -OCH3 is 1. The molecule has 0 amide bonds. The summed E-state index contributed by atoms with van der Waals surface area (Å²) in [4.78, 5) is 10.2. The van der Waals surface area contributed by atoms with Crippen LogP contribution in [0.2, 0.25) is 0 Å². The van der Waals surface area contributed by atoms with E-state index in [0.717, 1.165) is 7.11 Å². The molecule has 1 aromatic carbocycles. The van der Waals surface area contributed by atoms with Gasteiger partial charge in [0.05, 0.1) is 12.7 Å². The molecule has 1 rings (SSSR count). The average molecular weight is 188 g/mol. The lowest BCUT2D eigenvalue weighted by atomic mass is 10.2. The molecular weight excluding hydrogens is 182 g/mol. The lowest BCUT2D eigenvalue weighted by Crippen LogP contribution is -1.96. The van der Waals surface area contributed by atoms with E-state index in [1.54, 1.807) is 0 Å². The van der Waals surface area contributed by atoms with Crippen molar-refractivity contribution >= 4 is 6.29 Å². The Morgan fingerprint density at radius 3 is 2.54 bits per heavy atom. The van der Waals surface area contributed by atoms with Crippen molar-refractivity contribution in [1.82, 2.24) is 0 Å². The highest BCUT2D eigenvalue weighted by Crippen LogP contribution is 2.33. The predicted octanol–water partition coefficient (Wildman–Crippen LogP) is 1.49. The van der Waals surface area contributed by atoms with E-state index >= 15 is 0 Å². The largest absolute Gasteiger partial charge is 0.504 e. The van der Waals surface area contributed by atoms with Gasteiger partial charge in [0.15, 0.2) is 23.6 Å². The van der Waals surface area contributed by atoms with Gasteiger partial charge >= 0.3 is 0 Å². The molecule has 0 spiro atoms. The van der Waals surface area contributed by atoms with Crippen molar-refractivity contribution in [3.63, 3.8) is 0 Å². The Hall–Kier alpha value is -1.65. The third-order valence-corrected chi connectivity index (χ3v) is 1.52. The average Bonchev–Trinajstić information content (AvgIpc) is 2.04. The van der Waals surface area contributed by atoms with E-state index in [2.05, 4.69) is 4.74 Å². The fourth-order valence-electron chi connectivity index (χ4n) is 0.909. The number of ether oxygens (including phenoxy) is 1. The minimum absolute atomic E-state index is 0.0899. The van der Waals surface area contributed by atoms with Crippen LogP contribution in [0.15, 0.2) is 6.07 Å². The number of halogens is 2. The zero-order valence-electron chi connectivity index (χ0n) is 6.67. The first-order chi connectivity index (χ1) is 6.11. The number of hydrogen-bond donors (Lipinski definition) is 1. The van der Waals surface area contributed by atoms with Gasteiger partial charge in [0, 0.05) is 6.07 Å². The molecular formula is C8H6F2O3. The Labute approximate surface area is 72.6 Å². The lowest BCUT2D eigenvalue weighted by Gasteiger charge is -2.06. The highest BCUT2D eigenvalue weighted by molar-refractivity contribution is 5.81. The first-order valence-corrected chi connectivity index (χ1v) is 3.32. The summed E-state index contributed by atoms with van der Waals surface area (Å²) in [5.74, 6) is -3.53. The summed E-state index contributed by atoms with van der Waals surface area (Å²) in [5, 5.41) is 9.11. The van der Waals surface area contributed by atoms with E-state index in [-0.39, 0.29) is 6.29 Å². The number of aldehydes is 1. The molecule has 0 aliphatic rings. The third-order valence-electron chi connectivity index (χ3n) is 1.52. The molecule has 0 aromatic heterocycles. The predicted molar refractivity (Wildman–Crippen MR) is 40.0 cm³/mol. The molecule has 70 valence electrons. The lowest BCUT2D eigenvalue weighted by molar-refractivity contribution is 0.111. The van der Waals surface area contributed by atoms with Gasteiger partial charge in [-0.1, -0.05) is 0 Å². The number of benzene rings is 1. The van der Waals surface area contributed by atoms with E-state index in [0.29, 0.717) is 6.07 Å². The van der Waals surface area contributed by atoms with Crippen molar-refractivity contribution in [1.29, 1.82) is 0 Å². The van der Waals surface area contributed by atoms with Gasteiger partial charge in [-0.3, -0.25) is 4.79 Å². The van der Waals surface area contributed by atoms with Gasteiger partial charge in [-0.2, -0.15) is 0 Å². The number of phenolic OH excluding ortho intramolecular Hbond substituents is 1. The number of rotatable bonds is 2. The minimum Gasteiger partial charge on any atom is -0.504 e. The van der Waals surface area contributed by atoms with Crippen LogP contribution in [0.3, 0.4) is 0 Å². The maximum Gasteiger partial charge on any atom is 0.197 e. The van der Waals surface area contributed by atoms with Crippen molar-refractivity contribution < 1.29 is 23.4 Å². The van der Waals surface area contributed by atoms with Crippen LogP contribution in [-0.4, -0.2) is 18.5 Å². The van der Waals surface area contributed by atoms with Crippen molar-refractivity contribution in [3.8, 4) is 11.5 Å². The fourth-order valence-corrected chi connectivity index (χ4v) is 0.909. The summed E-state index contributed by atoms with van der Waals surface area (Å²) in [6.45, 7) is 0. The second kappa shape index (κ2) is 3.38. The monoisotopic (exact) mass is 188 g/mol. The van der Waals surface area contributed by atoms with E-state index in [1.807, 2.05) is 0 Å². The Morgan fingerprint density at radius 2 is 2.08 bits per heavy atom. The zero-order valence-corrected chi connectivity index (χ0v) is 6.67. The Morgan fingerprint density at radius 1 is 1.46 bits per heavy atom. The van der Waals surface area contributed by atoms with Gasteiger partial charge < -0.3 is 9.84 Å². The van der Waals surface area contributed by atoms with E-state index < -0.39 is 28.7 Å². The van der Waals surface area contributed by atoms with Crippen LogP contribution in [0, 0.1) is 11.6 Å². The van der Waals surface area contributed by atoms with Gasteiger partial charge in [-0.15, -0.1) is 0 Å². The molecule has 1 aromatic rings. The zero-order chi connectivity index (χ0) is 10.0. The quantitative estimate of drug-likeness (QED) is 0.715. The molecule has 13 heavy (non-hydrogen) atoms. The smallest absolute Gasteiger partial charge is 0.197 e. The number of carbonyl (C=O) groups excluding carboxylic acids is 1. The standard InChI is InChI=1S/C8H6F2O3/c1-13-8-6(10)2-5(9)4(3-11)7(8)12/h2-3,12H,1H3. The first kappa shape index (κ1) is 9.44. The number of aromatic hydroxyl groups is 1. The fraction of sp³-hybridized carbons (Fsp3) is 0.125. The highest BCUT2D eigenvalue weighted by atomic mass is 19.1. The van der Waals surface area contributed by atoms with Crippen LogP contribution in [0.4, 0.5) is 8.78 Å². The summed E-state index contributed by atoms with van der Waals surface area (Å²) in [5.41, 5.74) is -0.613. The van der Waals surface area contributed by atoms with Crippen molar-refractivity contribution in [2.45, 2.75) is 0 Å².